The lowest BCUT2D eigenvalue weighted by molar-refractivity contribution is -0.129. The highest BCUT2D eigenvalue weighted by molar-refractivity contribution is 5.86. The summed E-state index contributed by atoms with van der Waals surface area (Å²) in [4.78, 5) is 12.1. The largest absolute Gasteiger partial charge is 0.289 e. The van der Waals surface area contributed by atoms with Gasteiger partial charge in [-0.3, -0.25) is 10.0 Å². The Labute approximate surface area is 149 Å². The first-order chi connectivity index (χ1) is 12.3. The van der Waals surface area contributed by atoms with Crippen LogP contribution < -0.4 is 5.48 Å². The van der Waals surface area contributed by atoms with Gasteiger partial charge in [-0.2, -0.15) is 0 Å². The Morgan fingerprint density at radius 1 is 1.04 bits per heavy atom. The van der Waals surface area contributed by atoms with Gasteiger partial charge in [-0.15, -0.1) is 0 Å². The molecule has 1 saturated carbocycles. The van der Waals surface area contributed by atoms with Crippen molar-refractivity contribution in [1.29, 1.82) is 0 Å². The number of carbonyl (C=O) groups is 1. The van der Waals surface area contributed by atoms with Crippen LogP contribution >= 0.6 is 0 Å². The molecule has 0 aliphatic heterocycles. The number of hydrogen-bond acceptors (Lipinski definition) is 2. The number of nitrogens with one attached hydrogen (secondary N) is 1. The van der Waals surface area contributed by atoms with Crippen LogP contribution in [0.1, 0.15) is 54.7 Å². The van der Waals surface area contributed by atoms with Crippen LogP contribution in [0.2, 0.25) is 0 Å². The van der Waals surface area contributed by atoms with Gasteiger partial charge >= 0.3 is 0 Å². The summed E-state index contributed by atoms with van der Waals surface area (Å²) in [5.74, 6) is 6.30. The number of carbonyl (C=O) groups excluding carboxylic acids is 1. The zero-order valence-corrected chi connectivity index (χ0v) is 14.2. The first kappa shape index (κ1) is 17.3. The molecule has 1 aliphatic carbocycles. The molecule has 0 radical (unpaired) electrons. The molecule has 0 saturated heterocycles. The van der Waals surface area contributed by atoms with Crippen molar-refractivity contribution >= 4 is 5.91 Å². The minimum absolute atomic E-state index is 0.439. The summed E-state index contributed by atoms with van der Waals surface area (Å²) in [6, 6.07) is 17.1. The average Bonchev–Trinajstić information content (AvgIpc) is 3.17. The Morgan fingerprint density at radius 2 is 1.68 bits per heavy atom. The lowest BCUT2D eigenvalue weighted by Gasteiger charge is -2.15. The number of amides is 1. The molecule has 2 aromatic carbocycles. The van der Waals surface area contributed by atoms with Crippen LogP contribution in [0.4, 0.5) is 0 Å². The van der Waals surface area contributed by atoms with Crippen LogP contribution in [-0.2, 0) is 4.79 Å². The fourth-order valence-corrected chi connectivity index (χ4v) is 3.48. The van der Waals surface area contributed by atoms with Gasteiger partial charge in [0.25, 0.3) is 5.91 Å². The summed E-state index contributed by atoms with van der Waals surface area (Å²) in [6.45, 7) is 0. The van der Waals surface area contributed by atoms with Crippen LogP contribution in [-0.4, -0.2) is 11.1 Å². The molecule has 1 amide bonds. The molecule has 3 heteroatoms. The Hall–Kier alpha value is -2.57. The van der Waals surface area contributed by atoms with E-state index in [1.165, 1.54) is 25.7 Å². The molecule has 0 spiro atoms. The minimum atomic E-state index is -0.535. The Balaban J connectivity index is 1.75. The van der Waals surface area contributed by atoms with Gasteiger partial charge in [-0.05, 0) is 42.0 Å². The van der Waals surface area contributed by atoms with Crippen molar-refractivity contribution in [3.63, 3.8) is 0 Å². The highest BCUT2D eigenvalue weighted by Gasteiger charge is 2.22. The number of rotatable bonds is 4. The maximum atomic E-state index is 12.1. The van der Waals surface area contributed by atoms with E-state index in [2.05, 4.69) is 11.8 Å². The number of benzene rings is 2. The molecule has 1 unspecified atom stereocenters. The van der Waals surface area contributed by atoms with Crippen LogP contribution in [0.5, 0.6) is 0 Å². The molecule has 0 heterocycles. The van der Waals surface area contributed by atoms with Gasteiger partial charge in [0.15, 0.2) is 0 Å². The lowest BCUT2D eigenvalue weighted by Crippen LogP contribution is -2.27. The molecule has 3 nitrogen and oxygen atoms in total. The van der Waals surface area contributed by atoms with E-state index in [1.54, 1.807) is 5.48 Å². The van der Waals surface area contributed by atoms with Gasteiger partial charge in [-0.1, -0.05) is 67.1 Å². The zero-order chi connectivity index (χ0) is 17.5. The van der Waals surface area contributed by atoms with E-state index in [-0.39, 0.29) is 0 Å². The summed E-state index contributed by atoms with van der Waals surface area (Å²) in [5, 5.41) is 9.08. The predicted molar refractivity (Wildman–Crippen MR) is 98.1 cm³/mol. The van der Waals surface area contributed by atoms with Crippen molar-refractivity contribution in [2.24, 2.45) is 5.92 Å². The summed E-state index contributed by atoms with van der Waals surface area (Å²) in [7, 11) is 0. The summed E-state index contributed by atoms with van der Waals surface area (Å²) >= 11 is 0. The van der Waals surface area contributed by atoms with Gasteiger partial charge in [0, 0.05) is 12.0 Å². The van der Waals surface area contributed by atoms with Crippen molar-refractivity contribution in [3.8, 4) is 11.8 Å². The van der Waals surface area contributed by atoms with E-state index >= 15 is 0 Å². The zero-order valence-electron chi connectivity index (χ0n) is 14.2. The SMILES string of the molecule is O=C(NO)C(c1ccccc1)c1ccc(C#CCC2CCCC2)cc1. The van der Waals surface area contributed by atoms with Gasteiger partial charge in [-0.25, -0.2) is 5.48 Å². The van der Waals surface area contributed by atoms with Gasteiger partial charge in [0.05, 0.1) is 5.92 Å². The molecule has 0 bridgehead atoms. The Morgan fingerprint density at radius 3 is 2.32 bits per heavy atom. The van der Waals surface area contributed by atoms with Crippen molar-refractivity contribution < 1.29 is 10.0 Å². The third-order valence-electron chi connectivity index (χ3n) is 4.85. The molecule has 1 aliphatic rings. The third-order valence-corrected chi connectivity index (χ3v) is 4.85. The smallest absolute Gasteiger partial charge is 0.255 e. The van der Waals surface area contributed by atoms with Crippen LogP contribution in [0.15, 0.2) is 54.6 Å². The first-order valence-corrected chi connectivity index (χ1v) is 8.85. The van der Waals surface area contributed by atoms with E-state index < -0.39 is 11.8 Å². The Bertz CT molecular complexity index is 750. The molecule has 2 aromatic rings. The fourth-order valence-electron chi connectivity index (χ4n) is 3.48. The maximum Gasteiger partial charge on any atom is 0.255 e. The molecule has 2 N–H and O–H groups in total. The summed E-state index contributed by atoms with van der Waals surface area (Å²) < 4.78 is 0. The van der Waals surface area contributed by atoms with Crippen molar-refractivity contribution in [1.82, 2.24) is 5.48 Å². The molecule has 128 valence electrons. The van der Waals surface area contributed by atoms with Crippen molar-refractivity contribution in [2.75, 3.05) is 0 Å². The quantitative estimate of drug-likeness (QED) is 0.499. The molecule has 3 rings (SSSR count). The Kier molecular flexibility index (Phi) is 5.87. The highest BCUT2D eigenvalue weighted by Crippen LogP contribution is 2.27. The molecular weight excluding hydrogens is 310 g/mol. The standard InChI is InChI=1S/C22H23NO2/c24-22(23-25)21(19-11-2-1-3-12-19)20-15-13-18(14-16-20)10-6-9-17-7-4-5-8-17/h1-3,11-17,21,25H,4-5,7-9H2,(H,23,24). The number of hydroxylamine groups is 1. The van der Waals surface area contributed by atoms with Gasteiger partial charge in [0.2, 0.25) is 0 Å². The monoisotopic (exact) mass is 333 g/mol. The normalized spacial score (nSPS) is 15.2. The van der Waals surface area contributed by atoms with Gasteiger partial charge < -0.3 is 0 Å². The van der Waals surface area contributed by atoms with Crippen LogP contribution in [0.25, 0.3) is 0 Å². The van der Waals surface area contributed by atoms with E-state index in [9.17, 15) is 4.79 Å². The van der Waals surface area contributed by atoms with E-state index in [0.717, 1.165) is 29.0 Å². The second-order valence-electron chi connectivity index (χ2n) is 6.60. The minimum Gasteiger partial charge on any atom is -0.289 e. The lowest BCUT2D eigenvalue weighted by atomic mass is 9.90. The average molecular weight is 333 g/mol. The first-order valence-electron chi connectivity index (χ1n) is 8.85. The van der Waals surface area contributed by atoms with Crippen molar-refractivity contribution in [2.45, 2.75) is 38.0 Å². The molecule has 25 heavy (non-hydrogen) atoms. The fraction of sp³-hybridized carbons (Fsp3) is 0.318. The molecule has 1 atom stereocenters. The summed E-state index contributed by atoms with van der Waals surface area (Å²) in [6.07, 6.45) is 6.27. The van der Waals surface area contributed by atoms with Crippen LogP contribution in [0, 0.1) is 17.8 Å². The second kappa shape index (κ2) is 8.50. The predicted octanol–water partition coefficient (Wildman–Crippen LogP) is 4.26. The van der Waals surface area contributed by atoms with Crippen molar-refractivity contribution in [3.05, 3.63) is 71.3 Å². The van der Waals surface area contributed by atoms with Crippen LogP contribution in [0.3, 0.4) is 0 Å². The number of hydrogen-bond donors (Lipinski definition) is 2. The third kappa shape index (κ3) is 4.49. The van der Waals surface area contributed by atoms with E-state index in [1.807, 2.05) is 54.6 Å². The van der Waals surface area contributed by atoms with Gasteiger partial charge in [0.1, 0.15) is 0 Å². The summed E-state index contributed by atoms with van der Waals surface area (Å²) in [5.41, 5.74) is 4.41. The molecular formula is C22H23NO2. The topological polar surface area (TPSA) is 49.3 Å². The highest BCUT2D eigenvalue weighted by atomic mass is 16.5. The second-order valence-corrected chi connectivity index (χ2v) is 6.60. The molecule has 1 fully saturated rings. The van der Waals surface area contributed by atoms with E-state index in [0.29, 0.717) is 0 Å². The molecule has 0 aromatic heterocycles. The van der Waals surface area contributed by atoms with E-state index in [4.69, 9.17) is 5.21 Å². The maximum absolute atomic E-state index is 12.1.